The zero-order valence-corrected chi connectivity index (χ0v) is 19.1. The van der Waals surface area contributed by atoms with E-state index in [1.54, 1.807) is 13.8 Å². The molecule has 0 saturated carbocycles. The lowest BCUT2D eigenvalue weighted by Gasteiger charge is -2.32. The summed E-state index contributed by atoms with van der Waals surface area (Å²) in [6.07, 6.45) is 1.24. The summed E-state index contributed by atoms with van der Waals surface area (Å²) in [4.78, 5) is 25.5. The summed E-state index contributed by atoms with van der Waals surface area (Å²) in [6, 6.07) is 3.79. The summed E-state index contributed by atoms with van der Waals surface area (Å²) >= 11 is 0. The molecule has 30 heavy (non-hydrogen) atoms. The van der Waals surface area contributed by atoms with Gasteiger partial charge in [0, 0.05) is 12.2 Å². The monoisotopic (exact) mass is 412 g/mol. The second kappa shape index (κ2) is 7.29. The molecule has 1 aromatic carbocycles. The van der Waals surface area contributed by atoms with E-state index in [4.69, 9.17) is 9.47 Å². The van der Waals surface area contributed by atoms with Crippen molar-refractivity contribution in [3.8, 4) is 5.75 Å². The zero-order valence-electron chi connectivity index (χ0n) is 19.1. The number of rotatable bonds is 3. The van der Waals surface area contributed by atoms with Crippen LogP contribution in [0.4, 0.5) is 0 Å². The Balaban J connectivity index is 2.23. The smallest absolute Gasteiger partial charge is 0.200 e. The Hall–Kier alpha value is -2.56. The number of aromatic hydroxyl groups is 1. The van der Waals surface area contributed by atoms with Gasteiger partial charge < -0.3 is 14.6 Å². The number of carbonyl (C=O) groups excluding carboxylic acids is 2. The molecule has 0 aliphatic carbocycles. The minimum atomic E-state index is -0.844. The number of ketones is 2. The predicted octanol–water partition coefficient (Wildman–Crippen LogP) is 4.81. The molecule has 0 amide bonds. The van der Waals surface area contributed by atoms with Gasteiger partial charge in [-0.3, -0.25) is 9.59 Å². The quantitative estimate of drug-likeness (QED) is 0.771. The lowest BCUT2D eigenvalue weighted by atomic mass is 9.75. The summed E-state index contributed by atoms with van der Waals surface area (Å²) in [5.74, 6) is 0.308. The molecule has 0 radical (unpaired) electrons. The van der Waals surface area contributed by atoms with Gasteiger partial charge in [-0.15, -0.1) is 0 Å². The van der Waals surface area contributed by atoms with Crippen molar-refractivity contribution in [1.29, 1.82) is 0 Å². The van der Waals surface area contributed by atoms with Crippen molar-refractivity contribution in [2.45, 2.75) is 84.3 Å². The van der Waals surface area contributed by atoms with E-state index < -0.39 is 18.1 Å². The van der Waals surface area contributed by atoms with E-state index in [1.165, 1.54) is 12.2 Å². The Morgan fingerprint density at radius 2 is 1.17 bits per heavy atom. The van der Waals surface area contributed by atoms with Gasteiger partial charge in [0.25, 0.3) is 0 Å². The van der Waals surface area contributed by atoms with Crippen LogP contribution in [-0.2, 0) is 29.9 Å². The lowest BCUT2D eigenvalue weighted by Crippen LogP contribution is -2.38. The van der Waals surface area contributed by atoms with Gasteiger partial charge in [-0.25, -0.2) is 0 Å². The van der Waals surface area contributed by atoms with Crippen molar-refractivity contribution in [1.82, 2.24) is 0 Å². The standard InChI is InChI=1S/C25H32O5/c1-13-9-18(26)22(29-13)20(23-19(27)10-14(2)30-23)15-11-16(24(3,4)5)21(28)17(12-15)25(6,7)8/h9-12,20,22-23,28H,1-8H3. The maximum atomic E-state index is 12.7. The van der Waals surface area contributed by atoms with Crippen molar-refractivity contribution in [3.05, 3.63) is 52.5 Å². The van der Waals surface area contributed by atoms with Crippen LogP contribution in [0.2, 0.25) is 0 Å². The predicted molar refractivity (Wildman–Crippen MR) is 116 cm³/mol. The van der Waals surface area contributed by atoms with Crippen molar-refractivity contribution in [3.63, 3.8) is 0 Å². The Morgan fingerprint density at radius 1 is 0.800 bits per heavy atom. The maximum absolute atomic E-state index is 12.7. The minimum Gasteiger partial charge on any atom is -0.507 e. The van der Waals surface area contributed by atoms with Crippen LogP contribution in [0.1, 0.15) is 78.0 Å². The van der Waals surface area contributed by atoms with Crippen molar-refractivity contribution >= 4 is 11.6 Å². The number of hydrogen-bond acceptors (Lipinski definition) is 5. The van der Waals surface area contributed by atoms with E-state index in [0.29, 0.717) is 11.5 Å². The molecule has 0 saturated heterocycles. The Bertz CT molecular complexity index is 880. The molecule has 2 unspecified atom stereocenters. The summed E-state index contributed by atoms with van der Waals surface area (Å²) < 4.78 is 11.7. The normalized spacial score (nSPS) is 23.1. The number of benzene rings is 1. The number of phenolic OH excluding ortho intramolecular Hbond substituents is 1. The van der Waals surface area contributed by atoms with Crippen LogP contribution in [0.3, 0.4) is 0 Å². The van der Waals surface area contributed by atoms with E-state index in [-0.39, 0.29) is 28.1 Å². The van der Waals surface area contributed by atoms with Gasteiger partial charge >= 0.3 is 0 Å². The molecule has 5 nitrogen and oxygen atoms in total. The third-order valence-corrected chi connectivity index (χ3v) is 5.66. The highest BCUT2D eigenvalue weighted by molar-refractivity contribution is 6.00. The molecule has 3 rings (SSSR count). The number of allylic oxidation sites excluding steroid dienone is 2. The number of carbonyl (C=O) groups is 2. The van der Waals surface area contributed by atoms with Gasteiger partial charge in [-0.2, -0.15) is 0 Å². The first-order valence-electron chi connectivity index (χ1n) is 10.4. The van der Waals surface area contributed by atoms with Gasteiger partial charge in [-0.05, 0) is 41.4 Å². The Labute approximate surface area is 178 Å². The molecular formula is C25H32O5. The molecule has 2 atom stereocenters. The van der Waals surface area contributed by atoms with E-state index >= 15 is 0 Å². The molecule has 2 heterocycles. The molecule has 0 aromatic heterocycles. The SMILES string of the molecule is CC1=CC(=O)C(C(c2cc(C(C)(C)C)c(O)c(C(C)(C)C)c2)C2OC(C)=CC2=O)O1. The molecule has 2 aliphatic rings. The largest absolute Gasteiger partial charge is 0.507 e. The van der Waals surface area contributed by atoms with Gasteiger partial charge in [-0.1, -0.05) is 53.7 Å². The zero-order chi connectivity index (χ0) is 22.6. The van der Waals surface area contributed by atoms with Crippen LogP contribution >= 0.6 is 0 Å². The van der Waals surface area contributed by atoms with Gasteiger partial charge in [0.05, 0.1) is 17.4 Å². The second-order valence-electron chi connectivity index (χ2n) is 10.4. The fourth-order valence-corrected chi connectivity index (χ4v) is 4.15. The number of phenols is 1. The fourth-order valence-electron chi connectivity index (χ4n) is 4.15. The number of hydrogen-bond donors (Lipinski definition) is 1. The first-order valence-corrected chi connectivity index (χ1v) is 10.4. The summed E-state index contributed by atoms with van der Waals surface area (Å²) in [5, 5.41) is 11.1. The van der Waals surface area contributed by atoms with Crippen LogP contribution < -0.4 is 0 Å². The average molecular weight is 413 g/mol. The van der Waals surface area contributed by atoms with Crippen molar-refractivity contribution < 1.29 is 24.2 Å². The maximum Gasteiger partial charge on any atom is 0.200 e. The fraction of sp³-hybridized carbons (Fsp3) is 0.520. The van der Waals surface area contributed by atoms with Crippen LogP contribution in [0.25, 0.3) is 0 Å². The molecule has 1 N–H and O–H groups in total. The third kappa shape index (κ3) is 4.03. The van der Waals surface area contributed by atoms with Crippen LogP contribution in [-0.4, -0.2) is 28.9 Å². The third-order valence-electron chi connectivity index (χ3n) is 5.66. The van der Waals surface area contributed by atoms with Crippen LogP contribution in [0, 0.1) is 0 Å². The first kappa shape index (κ1) is 22.1. The highest BCUT2D eigenvalue weighted by Crippen LogP contribution is 2.44. The highest BCUT2D eigenvalue weighted by atomic mass is 16.5. The van der Waals surface area contributed by atoms with Gasteiger partial charge in [0.2, 0.25) is 0 Å². The minimum absolute atomic E-state index is 0.179. The van der Waals surface area contributed by atoms with E-state index in [0.717, 1.165) is 16.7 Å². The van der Waals surface area contributed by atoms with E-state index in [2.05, 4.69) is 0 Å². The molecule has 0 bridgehead atoms. The molecule has 1 aromatic rings. The van der Waals surface area contributed by atoms with E-state index in [9.17, 15) is 14.7 Å². The average Bonchev–Trinajstić information content (AvgIpc) is 3.08. The Morgan fingerprint density at radius 3 is 1.43 bits per heavy atom. The van der Waals surface area contributed by atoms with Crippen molar-refractivity contribution in [2.24, 2.45) is 0 Å². The van der Waals surface area contributed by atoms with Crippen LogP contribution in [0.5, 0.6) is 5.75 Å². The summed E-state index contributed by atoms with van der Waals surface area (Å²) in [5.41, 5.74) is 1.60. The highest BCUT2D eigenvalue weighted by Gasteiger charge is 2.46. The molecule has 5 heteroatoms. The Kier molecular flexibility index (Phi) is 5.38. The van der Waals surface area contributed by atoms with Crippen LogP contribution in [0.15, 0.2) is 35.8 Å². The van der Waals surface area contributed by atoms with Gasteiger partial charge in [0.15, 0.2) is 23.8 Å². The topological polar surface area (TPSA) is 72.8 Å². The first-order chi connectivity index (χ1) is 13.7. The lowest BCUT2D eigenvalue weighted by molar-refractivity contribution is -0.128. The molecule has 162 valence electrons. The second-order valence-corrected chi connectivity index (χ2v) is 10.4. The molecule has 0 spiro atoms. The summed E-state index contributed by atoms with van der Waals surface area (Å²) in [6.45, 7) is 15.6. The van der Waals surface area contributed by atoms with Gasteiger partial charge in [0.1, 0.15) is 5.75 Å². The molecule has 0 fully saturated rings. The molecular weight excluding hydrogens is 380 g/mol. The summed E-state index contributed by atoms with van der Waals surface area (Å²) in [7, 11) is 0. The number of ether oxygens (including phenoxy) is 2. The van der Waals surface area contributed by atoms with E-state index in [1.807, 2.05) is 53.7 Å². The van der Waals surface area contributed by atoms with Crippen molar-refractivity contribution in [2.75, 3.05) is 0 Å². The molecule has 2 aliphatic heterocycles.